The van der Waals surface area contributed by atoms with E-state index >= 15 is 0 Å². The van der Waals surface area contributed by atoms with E-state index < -0.39 is 0 Å². The van der Waals surface area contributed by atoms with E-state index in [1.807, 2.05) is 18.2 Å². The summed E-state index contributed by atoms with van der Waals surface area (Å²) in [6.07, 6.45) is 1.79. The van der Waals surface area contributed by atoms with E-state index in [9.17, 15) is 0 Å². The van der Waals surface area contributed by atoms with Crippen LogP contribution in [0.25, 0.3) is 22.1 Å². The Morgan fingerprint density at radius 3 is 2.84 bits per heavy atom. The van der Waals surface area contributed by atoms with Crippen molar-refractivity contribution in [2.24, 2.45) is 0 Å². The van der Waals surface area contributed by atoms with Crippen LogP contribution in [-0.2, 0) is 0 Å². The van der Waals surface area contributed by atoms with Gasteiger partial charge in [0.2, 0.25) is 5.95 Å². The molecule has 3 heterocycles. The van der Waals surface area contributed by atoms with Crippen molar-refractivity contribution in [1.82, 2.24) is 14.9 Å². The number of aromatic nitrogens is 2. The standard InChI is InChI=1S/C18H20ClN5O/c1-3-6-20-18-21-15-13-11-12(19)4-5-14(13)25-16(15)17(22-18)24-9-7-23(2)8-10-24/h3-5,11H,1,6-10H2,2H3,(H,20,21,22). The van der Waals surface area contributed by atoms with Crippen molar-refractivity contribution >= 4 is 45.4 Å². The van der Waals surface area contributed by atoms with Gasteiger partial charge in [0.1, 0.15) is 11.1 Å². The summed E-state index contributed by atoms with van der Waals surface area (Å²) in [4.78, 5) is 13.9. The zero-order valence-corrected chi connectivity index (χ0v) is 14.9. The summed E-state index contributed by atoms with van der Waals surface area (Å²) in [6.45, 7) is 8.14. The van der Waals surface area contributed by atoms with E-state index in [0.717, 1.165) is 48.5 Å². The van der Waals surface area contributed by atoms with E-state index in [0.29, 0.717) is 23.1 Å². The molecule has 0 saturated carbocycles. The zero-order chi connectivity index (χ0) is 17.4. The molecular weight excluding hydrogens is 338 g/mol. The van der Waals surface area contributed by atoms with E-state index in [-0.39, 0.29) is 0 Å². The number of hydrogen-bond acceptors (Lipinski definition) is 6. The summed E-state index contributed by atoms with van der Waals surface area (Å²) < 4.78 is 6.09. The first kappa shape index (κ1) is 16.2. The summed E-state index contributed by atoms with van der Waals surface area (Å²) in [5.74, 6) is 1.40. The van der Waals surface area contributed by atoms with Gasteiger partial charge < -0.3 is 19.5 Å². The second-order valence-electron chi connectivity index (χ2n) is 6.25. The van der Waals surface area contributed by atoms with Crippen LogP contribution >= 0.6 is 11.6 Å². The fourth-order valence-electron chi connectivity index (χ4n) is 3.08. The zero-order valence-electron chi connectivity index (χ0n) is 14.1. The van der Waals surface area contributed by atoms with E-state index in [2.05, 4.69) is 33.7 Å². The van der Waals surface area contributed by atoms with Gasteiger partial charge in [-0.25, -0.2) is 4.98 Å². The topological polar surface area (TPSA) is 57.4 Å². The van der Waals surface area contributed by atoms with Crippen molar-refractivity contribution in [1.29, 1.82) is 0 Å². The maximum Gasteiger partial charge on any atom is 0.225 e. The van der Waals surface area contributed by atoms with E-state index in [1.54, 1.807) is 6.08 Å². The number of nitrogens with one attached hydrogen (secondary N) is 1. The molecule has 6 nitrogen and oxygen atoms in total. The van der Waals surface area contributed by atoms with Crippen molar-refractivity contribution in [2.45, 2.75) is 0 Å². The molecule has 0 bridgehead atoms. The van der Waals surface area contributed by atoms with Crippen LogP contribution in [-0.4, -0.2) is 54.6 Å². The smallest absolute Gasteiger partial charge is 0.225 e. The monoisotopic (exact) mass is 357 g/mol. The van der Waals surface area contributed by atoms with E-state index in [4.69, 9.17) is 21.0 Å². The lowest BCUT2D eigenvalue weighted by atomic mass is 10.2. The molecule has 1 N–H and O–H groups in total. The molecule has 0 spiro atoms. The number of rotatable bonds is 4. The third-order valence-corrected chi connectivity index (χ3v) is 4.70. The van der Waals surface area contributed by atoms with Gasteiger partial charge >= 0.3 is 0 Å². The van der Waals surface area contributed by atoms with Crippen LogP contribution in [0.15, 0.2) is 35.3 Å². The maximum atomic E-state index is 6.17. The van der Waals surface area contributed by atoms with Gasteiger partial charge in [-0.1, -0.05) is 17.7 Å². The predicted molar refractivity (Wildman–Crippen MR) is 103 cm³/mol. The number of piperazine rings is 1. The van der Waals surface area contributed by atoms with Gasteiger partial charge in [-0.05, 0) is 25.2 Å². The molecule has 0 aliphatic carbocycles. The van der Waals surface area contributed by atoms with Crippen molar-refractivity contribution in [3.8, 4) is 0 Å². The second kappa shape index (κ2) is 6.54. The number of fused-ring (bicyclic) bond motifs is 3. The minimum Gasteiger partial charge on any atom is -0.450 e. The van der Waals surface area contributed by atoms with Crippen molar-refractivity contribution in [3.05, 3.63) is 35.9 Å². The normalized spacial score (nSPS) is 15.8. The molecule has 130 valence electrons. The third-order valence-electron chi connectivity index (χ3n) is 4.46. The summed E-state index contributed by atoms with van der Waals surface area (Å²) in [7, 11) is 2.13. The Morgan fingerprint density at radius 2 is 2.08 bits per heavy atom. The van der Waals surface area contributed by atoms with Gasteiger partial charge in [0.15, 0.2) is 11.4 Å². The highest BCUT2D eigenvalue weighted by molar-refractivity contribution is 6.31. The Kier molecular flexibility index (Phi) is 4.23. The molecule has 1 saturated heterocycles. The molecule has 1 aliphatic heterocycles. The van der Waals surface area contributed by atoms with Crippen LogP contribution in [0.5, 0.6) is 0 Å². The predicted octanol–water partition coefficient (Wildman–Crippen LogP) is 3.38. The molecule has 1 aliphatic rings. The highest BCUT2D eigenvalue weighted by Gasteiger charge is 2.23. The molecule has 0 radical (unpaired) electrons. The number of nitrogens with zero attached hydrogens (tertiary/aromatic N) is 4. The lowest BCUT2D eigenvalue weighted by Gasteiger charge is -2.33. The largest absolute Gasteiger partial charge is 0.450 e. The number of anilines is 2. The highest BCUT2D eigenvalue weighted by Crippen LogP contribution is 2.35. The van der Waals surface area contributed by atoms with Crippen molar-refractivity contribution in [3.63, 3.8) is 0 Å². The number of likely N-dealkylation sites (N-methyl/N-ethyl adjacent to an activating group) is 1. The molecule has 0 unspecified atom stereocenters. The van der Waals surface area contributed by atoms with Crippen LogP contribution in [0.3, 0.4) is 0 Å². The van der Waals surface area contributed by atoms with Gasteiger partial charge in [0.25, 0.3) is 0 Å². The van der Waals surface area contributed by atoms with Gasteiger partial charge in [0.05, 0.1) is 0 Å². The molecule has 1 fully saturated rings. The Bertz CT molecular complexity index is 930. The lowest BCUT2D eigenvalue weighted by Crippen LogP contribution is -2.45. The summed E-state index contributed by atoms with van der Waals surface area (Å²) in [5.41, 5.74) is 2.27. The summed E-state index contributed by atoms with van der Waals surface area (Å²) in [5, 5.41) is 4.76. The first-order chi connectivity index (χ1) is 12.2. The second-order valence-corrected chi connectivity index (χ2v) is 6.69. The van der Waals surface area contributed by atoms with E-state index in [1.165, 1.54) is 0 Å². The molecule has 4 rings (SSSR count). The van der Waals surface area contributed by atoms with Crippen molar-refractivity contribution < 1.29 is 4.42 Å². The third kappa shape index (κ3) is 3.03. The Balaban J connectivity index is 1.89. The molecule has 0 amide bonds. The average molecular weight is 358 g/mol. The first-order valence-electron chi connectivity index (χ1n) is 8.34. The van der Waals surface area contributed by atoms with Crippen molar-refractivity contribution in [2.75, 3.05) is 50.0 Å². The number of benzene rings is 1. The Hall–Kier alpha value is -2.31. The highest BCUT2D eigenvalue weighted by atomic mass is 35.5. The number of furan rings is 1. The SMILES string of the molecule is C=CCNc1nc(N2CCN(C)CC2)c2oc3ccc(Cl)cc3c2n1. The molecule has 0 atom stereocenters. The Morgan fingerprint density at radius 1 is 1.28 bits per heavy atom. The molecular formula is C18H20ClN5O. The van der Waals surface area contributed by atoms with Crippen LogP contribution in [0.1, 0.15) is 0 Å². The summed E-state index contributed by atoms with van der Waals surface area (Å²) >= 11 is 6.17. The average Bonchev–Trinajstić information content (AvgIpc) is 2.98. The van der Waals surface area contributed by atoms with Gasteiger partial charge in [-0.3, -0.25) is 0 Å². The van der Waals surface area contributed by atoms with Crippen LogP contribution in [0.4, 0.5) is 11.8 Å². The fraction of sp³-hybridized carbons (Fsp3) is 0.333. The van der Waals surface area contributed by atoms with Gasteiger partial charge in [0, 0.05) is 43.1 Å². The lowest BCUT2D eigenvalue weighted by molar-refractivity contribution is 0.312. The molecule has 3 aromatic rings. The fourth-order valence-corrected chi connectivity index (χ4v) is 3.25. The quantitative estimate of drug-likeness (QED) is 0.722. The molecule has 25 heavy (non-hydrogen) atoms. The van der Waals surface area contributed by atoms with Gasteiger partial charge in [-0.15, -0.1) is 6.58 Å². The first-order valence-corrected chi connectivity index (χ1v) is 8.71. The number of hydrogen-bond donors (Lipinski definition) is 1. The maximum absolute atomic E-state index is 6.17. The minimum atomic E-state index is 0.573. The summed E-state index contributed by atoms with van der Waals surface area (Å²) in [6, 6.07) is 5.59. The molecule has 2 aromatic heterocycles. The van der Waals surface area contributed by atoms with Crippen LogP contribution in [0.2, 0.25) is 5.02 Å². The molecule has 1 aromatic carbocycles. The minimum absolute atomic E-state index is 0.573. The van der Waals surface area contributed by atoms with Crippen LogP contribution < -0.4 is 10.2 Å². The molecule has 7 heteroatoms. The Labute approximate surface area is 151 Å². The van der Waals surface area contributed by atoms with Gasteiger partial charge in [-0.2, -0.15) is 4.98 Å². The van der Waals surface area contributed by atoms with Crippen LogP contribution in [0, 0.1) is 0 Å². The number of halogens is 1.